The van der Waals surface area contributed by atoms with Crippen molar-refractivity contribution in [3.63, 3.8) is 0 Å². The van der Waals surface area contributed by atoms with Crippen LogP contribution in [0, 0.1) is 19.7 Å². The Balaban J connectivity index is 2.27. The van der Waals surface area contributed by atoms with E-state index in [0.29, 0.717) is 17.7 Å². The average Bonchev–Trinajstić information content (AvgIpc) is 2.37. The molecule has 1 unspecified atom stereocenters. The van der Waals surface area contributed by atoms with Crippen LogP contribution in [0.3, 0.4) is 0 Å². The molecule has 0 amide bonds. The molecule has 0 saturated carbocycles. The standard InChI is InChI=1S/C17H19FO2/c1-11-6-12(2)8-13(7-11)9-16(19)15-10-14(18)4-5-17(15)20-3/h4-8,10,16,19H,9H2,1-3H3. The molecular formula is C17H19FO2. The van der Waals surface area contributed by atoms with Crippen LogP contribution in [0.1, 0.15) is 28.4 Å². The number of benzene rings is 2. The van der Waals surface area contributed by atoms with E-state index in [0.717, 1.165) is 16.7 Å². The predicted octanol–water partition coefficient (Wildman–Crippen LogP) is 3.73. The fourth-order valence-corrected chi connectivity index (χ4v) is 2.49. The van der Waals surface area contributed by atoms with E-state index in [-0.39, 0.29) is 5.82 Å². The van der Waals surface area contributed by atoms with Gasteiger partial charge in [0.05, 0.1) is 13.2 Å². The number of hydrogen-bond donors (Lipinski definition) is 1. The molecule has 0 aliphatic heterocycles. The first-order valence-corrected chi connectivity index (χ1v) is 6.58. The van der Waals surface area contributed by atoms with Gasteiger partial charge in [-0.25, -0.2) is 4.39 Å². The Morgan fingerprint density at radius 2 is 1.75 bits per heavy atom. The van der Waals surface area contributed by atoms with Crippen LogP contribution in [0.25, 0.3) is 0 Å². The third-order valence-corrected chi connectivity index (χ3v) is 3.26. The lowest BCUT2D eigenvalue weighted by Crippen LogP contribution is -2.05. The molecule has 0 heterocycles. The summed E-state index contributed by atoms with van der Waals surface area (Å²) in [6.45, 7) is 4.04. The number of aliphatic hydroxyl groups is 1. The largest absolute Gasteiger partial charge is 0.496 e. The maximum Gasteiger partial charge on any atom is 0.124 e. The molecule has 2 aromatic carbocycles. The lowest BCUT2D eigenvalue weighted by molar-refractivity contribution is 0.173. The minimum absolute atomic E-state index is 0.375. The Bertz CT molecular complexity index is 588. The van der Waals surface area contributed by atoms with Crippen molar-refractivity contribution in [3.05, 3.63) is 64.5 Å². The van der Waals surface area contributed by atoms with Gasteiger partial charge in [-0.1, -0.05) is 29.3 Å². The Kier molecular flexibility index (Phi) is 4.40. The molecule has 20 heavy (non-hydrogen) atoms. The molecule has 0 saturated heterocycles. The third-order valence-electron chi connectivity index (χ3n) is 3.26. The number of aryl methyl sites for hydroxylation is 2. The molecule has 0 fully saturated rings. The summed E-state index contributed by atoms with van der Waals surface area (Å²) in [7, 11) is 1.51. The van der Waals surface area contributed by atoms with Crippen molar-refractivity contribution in [1.29, 1.82) is 0 Å². The van der Waals surface area contributed by atoms with Gasteiger partial charge in [0.15, 0.2) is 0 Å². The number of ether oxygens (including phenoxy) is 1. The molecule has 2 nitrogen and oxygen atoms in total. The topological polar surface area (TPSA) is 29.5 Å². The van der Waals surface area contributed by atoms with Gasteiger partial charge in [-0.05, 0) is 37.6 Å². The quantitative estimate of drug-likeness (QED) is 0.920. The fraction of sp³-hybridized carbons (Fsp3) is 0.294. The number of hydrogen-bond acceptors (Lipinski definition) is 2. The smallest absolute Gasteiger partial charge is 0.124 e. The molecule has 106 valence electrons. The van der Waals surface area contributed by atoms with Gasteiger partial charge >= 0.3 is 0 Å². The number of halogens is 1. The predicted molar refractivity (Wildman–Crippen MR) is 77.5 cm³/mol. The van der Waals surface area contributed by atoms with Crippen molar-refractivity contribution < 1.29 is 14.2 Å². The summed E-state index contributed by atoms with van der Waals surface area (Å²) in [5.74, 6) is 0.128. The number of methoxy groups -OCH3 is 1. The third kappa shape index (κ3) is 3.36. The molecule has 3 heteroatoms. The van der Waals surface area contributed by atoms with E-state index < -0.39 is 6.10 Å². The molecule has 0 aliphatic rings. The molecule has 1 atom stereocenters. The van der Waals surface area contributed by atoms with Crippen molar-refractivity contribution in [3.8, 4) is 5.75 Å². The highest BCUT2D eigenvalue weighted by atomic mass is 19.1. The van der Waals surface area contributed by atoms with E-state index in [4.69, 9.17) is 4.74 Å². The van der Waals surface area contributed by atoms with Crippen LogP contribution in [0.4, 0.5) is 4.39 Å². The van der Waals surface area contributed by atoms with Gasteiger partial charge in [0.25, 0.3) is 0 Å². The lowest BCUT2D eigenvalue weighted by Gasteiger charge is -2.15. The van der Waals surface area contributed by atoms with Crippen LogP contribution in [0.2, 0.25) is 0 Å². The van der Waals surface area contributed by atoms with E-state index in [2.05, 4.69) is 6.07 Å². The molecule has 0 radical (unpaired) electrons. The van der Waals surface area contributed by atoms with Gasteiger partial charge in [0.1, 0.15) is 11.6 Å². The highest BCUT2D eigenvalue weighted by Gasteiger charge is 2.15. The number of rotatable bonds is 4. The Labute approximate surface area is 118 Å². The second-order valence-corrected chi connectivity index (χ2v) is 5.10. The van der Waals surface area contributed by atoms with Crippen molar-refractivity contribution in [2.24, 2.45) is 0 Å². The Morgan fingerprint density at radius 1 is 1.10 bits per heavy atom. The Hall–Kier alpha value is -1.87. The molecule has 0 bridgehead atoms. The van der Waals surface area contributed by atoms with Crippen LogP contribution < -0.4 is 4.74 Å². The molecule has 1 N–H and O–H groups in total. The van der Waals surface area contributed by atoms with Gasteiger partial charge in [-0.15, -0.1) is 0 Å². The summed E-state index contributed by atoms with van der Waals surface area (Å²) >= 11 is 0. The summed E-state index contributed by atoms with van der Waals surface area (Å²) in [6.07, 6.45) is -0.357. The molecule has 0 spiro atoms. The summed E-state index contributed by atoms with van der Waals surface area (Å²) < 4.78 is 18.5. The number of aliphatic hydroxyl groups excluding tert-OH is 1. The van der Waals surface area contributed by atoms with Crippen molar-refractivity contribution in [1.82, 2.24) is 0 Å². The Morgan fingerprint density at radius 3 is 2.35 bits per heavy atom. The van der Waals surface area contributed by atoms with Crippen molar-refractivity contribution in [2.75, 3.05) is 7.11 Å². The second-order valence-electron chi connectivity index (χ2n) is 5.10. The second kappa shape index (κ2) is 6.06. The van der Waals surface area contributed by atoms with Crippen LogP contribution in [-0.2, 0) is 6.42 Å². The molecule has 0 aliphatic carbocycles. The van der Waals surface area contributed by atoms with E-state index in [1.807, 2.05) is 26.0 Å². The minimum Gasteiger partial charge on any atom is -0.496 e. The minimum atomic E-state index is -0.790. The molecule has 0 aromatic heterocycles. The van der Waals surface area contributed by atoms with E-state index >= 15 is 0 Å². The maximum atomic E-state index is 13.3. The first-order valence-electron chi connectivity index (χ1n) is 6.58. The highest BCUT2D eigenvalue weighted by Crippen LogP contribution is 2.28. The molecule has 2 aromatic rings. The van der Waals surface area contributed by atoms with Crippen LogP contribution in [0.5, 0.6) is 5.75 Å². The monoisotopic (exact) mass is 274 g/mol. The van der Waals surface area contributed by atoms with Crippen LogP contribution in [0.15, 0.2) is 36.4 Å². The summed E-state index contributed by atoms with van der Waals surface area (Å²) in [5.41, 5.74) is 3.81. The van der Waals surface area contributed by atoms with Crippen molar-refractivity contribution in [2.45, 2.75) is 26.4 Å². The van der Waals surface area contributed by atoms with E-state index in [9.17, 15) is 9.50 Å². The molecule has 2 rings (SSSR count). The normalized spacial score (nSPS) is 12.2. The first-order chi connectivity index (χ1) is 9.49. The first kappa shape index (κ1) is 14.5. The summed E-state index contributed by atoms with van der Waals surface area (Å²) in [5, 5.41) is 10.3. The van der Waals surface area contributed by atoms with Gasteiger partial charge in [0, 0.05) is 12.0 Å². The maximum absolute atomic E-state index is 13.3. The van der Waals surface area contributed by atoms with Crippen LogP contribution >= 0.6 is 0 Å². The lowest BCUT2D eigenvalue weighted by atomic mass is 9.98. The van der Waals surface area contributed by atoms with E-state index in [1.165, 1.54) is 25.3 Å². The van der Waals surface area contributed by atoms with Crippen LogP contribution in [-0.4, -0.2) is 12.2 Å². The zero-order chi connectivity index (χ0) is 14.7. The van der Waals surface area contributed by atoms with Gasteiger partial charge in [-0.3, -0.25) is 0 Å². The van der Waals surface area contributed by atoms with Gasteiger partial charge < -0.3 is 9.84 Å². The highest BCUT2D eigenvalue weighted by molar-refractivity contribution is 5.37. The fourth-order valence-electron chi connectivity index (χ4n) is 2.49. The molecular weight excluding hydrogens is 255 g/mol. The summed E-state index contributed by atoms with van der Waals surface area (Å²) in [4.78, 5) is 0. The van der Waals surface area contributed by atoms with Gasteiger partial charge in [-0.2, -0.15) is 0 Å². The van der Waals surface area contributed by atoms with Gasteiger partial charge in [0.2, 0.25) is 0 Å². The zero-order valence-corrected chi connectivity index (χ0v) is 12.0. The summed E-state index contributed by atoms with van der Waals surface area (Å²) in [6, 6.07) is 10.3. The zero-order valence-electron chi connectivity index (χ0n) is 12.0. The van der Waals surface area contributed by atoms with E-state index in [1.54, 1.807) is 0 Å². The SMILES string of the molecule is COc1ccc(F)cc1C(O)Cc1cc(C)cc(C)c1. The van der Waals surface area contributed by atoms with Crippen molar-refractivity contribution >= 4 is 0 Å². The average molecular weight is 274 g/mol.